The summed E-state index contributed by atoms with van der Waals surface area (Å²) in [5, 5.41) is 3.28. The lowest BCUT2D eigenvalue weighted by Gasteiger charge is -2.18. The van der Waals surface area contributed by atoms with Crippen LogP contribution in [0.25, 0.3) is 0 Å². The summed E-state index contributed by atoms with van der Waals surface area (Å²) in [6.45, 7) is 6.61. The number of nitrogens with one attached hydrogen (secondary N) is 1. The molecule has 0 fully saturated rings. The molecule has 0 aliphatic heterocycles. The van der Waals surface area contributed by atoms with Gasteiger partial charge in [-0.25, -0.2) is 0 Å². The van der Waals surface area contributed by atoms with Crippen molar-refractivity contribution in [2.24, 2.45) is 0 Å². The SMILES string of the molecule is CNC(C)CCCN(C)Cc1cccc(C)c1. The van der Waals surface area contributed by atoms with E-state index in [1.165, 1.54) is 30.5 Å². The van der Waals surface area contributed by atoms with Crippen LogP contribution in [0.1, 0.15) is 30.9 Å². The van der Waals surface area contributed by atoms with Crippen molar-refractivity contribution in [1.29, 1.82) is 0 Å². The van der Waals surface area contributed by atoms with Crippen LogP contribution < -0.4 is 5.32 Å². The normalized spacial score (nSPS) is 13.0. The molecule has 0 aromatic heterocycles. The quantitative estimate of drug-likeness (QED) is 0.780. The van der Waals surface area contributed by atoms with E-state index in [0.29, 0.717) is 6.04 Å². The summed E-state index contributed by atoms with van der Waals surface area (Å²) < 4.78 is 0. The molecular formula is C15H26N2. The second-order valence-corrected chi connectivity index (χ2v) is 5.06. The van der Waals surface area contributed by atoms with Gasteiger partial charge >= 0.3 is 0 Å². The third-order valence-corrected chi connectivity index (χ3v) is 3.20. The Labute approximate surface area is 106 Å². The molecule has 1 rings (SSSR count). The van der Waals surface area contributed by atoms with Crippen LogP contribution in [-0.2, 0) is 6.54 Å². The molecule has 0 aliphatic carbocycles. The fraction of sp³-hybridized carbons (Fsp3) is 0.600. The zero-order chi connectivity index (χ0) is 12.7. The topological polar surface area (TPSA) is 15.3 Å². The van der Waals surface area contributed by atoms with Gasteiger partial charge in [-0.2, -0.15) is 0 Å². The third kappa shape index (κ3) is 5.85. The third-order valence-electron chi connectivity index (χ3n) is 3.20. The minimum atomic E-state index is 0.627. The van der Waals surface area contributed by atoms with Crippen molar-refractivity contribution in [3.05, 3.63) is 35.4 Å². The van der Waals surface area contributed by atoms with Gasteiger partial charge in [0.2, 0.25) is 0 Å². The van der Waals surface area contributed by atoms with Crippen molar-refractivity contribution in [2.75, 3.05) is 20.6 Å². The molecule has 0 saturated heterocycles. The number of benzene rings is 1. The molecular weight excluding hydrogens is 208 g/mol. The number of hydrogen-bond donors (Lipinski definition) is 1. The van der Waals surface area contributed by atoms with Crippen molar-refractivity contribution in [1.82, 2.24) is 10.2 Å². The standard InChI is InChI=1S/C15H26N2/c1-13-7-5-9-15(11-13)12-17(4)10-6-8-14(2)16-3/h5,7,9,11,14,16H,6,8,10,12H2,1-4H3. The molecule has 0 amide bonds. The number of hydrogen-bond acceptors (Lipinski definition) is 2. The van der Waals surface area contributed by atoms with E-state index in [1.54, 1.807) is 0 Å². The summed E-state index contributed by atoms with van der Waals surface area (Å²) >= 11 is 0. The first-order valence-electron chi connectivity index (χ1n) is 6.53. The zero-order valence-electron chi connectivity index (χ0n) is 11.7. The van der Waals surface area contributed by atoms with Crippen molar-refractivity contribution in [3.8, 4) is 0 Å². The largest absolute Gasteiger partial charge is 0.317 e. The van der Waals surface area contributed by atoms with Gasteiger partial charge in [0.25, 0.3) is 0 Å². The van der Waals surface area contributed by atoms with Crippen LogP contribution in [0, 0.1) is 6.92 Å². The first-order chi connectivity index (χ1) is 8.11. The van der Waals surface area contributed by atoms with Crippen LogP contribution >= 0.6 is 0 Å². The molecule has 1 aromatic rings. The number of aryl methyl sites for hydroxylation is 1. The van der Waals surface area contributed by atoms with Gasteiger partial charge < -0.3 is 10.2 Å². The Morgan fingerprint density at radius 3 is 2.76 bits per heavy atom. The molecule has 0 spiro atoms. The van der Waals surface area contributed by atoms with E-state index in [0.717, 1.165) is 6.54 Å². The van der Waals surface area contributed by atoms with Crippen LogP contribution in [0.2, 0.25) is 0 Å². The highest BCUT2D eigenvalue weighted by atomic mass is 15.1. The maximum Gasteiger partial charge on any atom is 0.0230 e. The predicted molar refractivity (Wildman–Crippen MR) is 75.3 cm³/mol. The van der Waals surface area contributed by atoms with Crippen molar-refractivity contribution in [2.45, 2.75) is 39.3 Å². The van der Waals surface area contributed by atoms with E-state index in [4.69, 9.17) is 0 Å². The highest BCUT2D eigenvalue weighted by Crippen LogP contribution is 2.07. The smallest absolute Gasteiger partial charge is 0.0230 e. The van der Waals surface area contributed by atoms with Gasteiger partial charge in [-0.1, -0.05) is 29.8 Å². The fourth-order valence-electron chi connectivity index (χ4n) is 2.01. The number of rotatable bonds is 7. The average molecular weight is 234 g/mol. The van der Waals surface area contributed by atoms with Gasteiger partial charge in [0, 0.05) is 12.6 Å². The lowest BCUT2D eigenvalue weighted by Crippen LogP contribution is -2.24. The molecule has 96 valence electrons. The number of nitrogens with zero attached hydrogens (tertiary/aromatic N) is 1. The van der Waals surface area contributed by atoms with Crippen molar-refractivity contribution >= 4 is 0 Å². The molecule has 0 bridgehead atoms. The lowest BCUT2D eigenvalue weighted by atomic mass is 10.1. The molecule has 2 heteroatoms. The minimum absolute atomic E-state index is 0.627. The zero-order valence-corrected chi connectivity index (χ0v) is 11.7. The first kappa shape index (κ1) is 14.2. The molecule has 0 heterocycles. The predicted octanol–water partition coefficient (Wildman–Crippen LogP) is 2.81. The first-order valence-corrected chi connectivity index (χ1v) is 6.53. The maximum absolute atomic E-state index is 3.28. The minimum Gasteiger partial charge on any atom is -0.317 e. The Morgan fingerprint density at radius 1 is 1.35 bits per heavy atom. The van der Waals surface area contributed by atoms with Crippen LogP contribution in [0.4, 0.5) is 0 Å². The van der Waals surface area contributed by atoms with Crippen LogP contribution in [0.5, 0.6) is 0 Å². The summed E-state index contributed by atoms with van der Waals surface area (Å²) in [5.41, 5.74) is 2.76. The molecule has 17 heavy (non-hydrogen) atoms. The fourth-order valence-corrected chi connectivity index (χ4v) is 2.01. The second kappa shape index (κ2) is 7.46. The van der Waals surface area contributed by atoms with Crippen molar-refractivity contribution in [3.63, 3.8) is 0 Å². The Morgan fingerprint density at radius 2 is 2.12 bits per heavy atom. The van der Waals surface area contributed by atoms with Gasteiger partial charge in [-0.15, -0.1) is 0 Å². The highest BCUT2D eigenvalue weighted by molar-refractivity contribution is 5.21. The highest BCUT2D eigenvalue weighted by Gasteiger charge is 2.02. The Bertz CT molecular complexity index is 322. The molecule has 2 nitrogen and oxygen atoms in total. The summed E-state index contributed by atoms with van der Waals surface area (Å²) in [7, 11) is 4.23. The second-order valence-electron chi connectivity index (χ2n) is 5.06. The molecule has 1 aromatic carbocycles. The van der Waals surface area contributed by atoms with E-state index in [9.17, 15) is 0 Å². The van der Waals surface area contributed by atoms with E-state index in [1.807, 2.05) is 7.05 Å². The van der Waals surface area contributed by atoms with Crippen LogP contribution in [-0.4, -0.2) is 31.6 Å². The monoisotopic (exact) mass is 234 g/mol. The van der Waals surface area contributed by atoms with Crippen LogP contribution in [0.15, 0.2) is 24.3 Å². The van der Waals surface area contributed by atoms with E-state index in [-0.39, 0.29) is 0 Å². The molecule has 0 radical (unpaired) electrons. The molecule has 1 N–H and O–H groups in total. The van der Waals surface area contributed by atoms with Gasteiger partial charge in [-0.3, -0.25) is 0 Å². The van der Waals surface area contributed by atoms with Crippen LogP contribution in [0.3, 0.4) is 0 Å². The van der Waals surface area contributed by atoms with E-state index >= 15 is 0 Å². The Balaban J connectivity index is 2.27. The molecule has 1 unspecified atom stereocenters. The summed E-state index contributed by atoms with van der Waals surface area (Å²) in [6, 6.07) is 9.40. The van der Waals surface area contributed by atoms with E-state index in [2.05, 4.69) is 55.4 Å². The maximum atomic E-state index is 3.28. The van der Waals surface area contributed by atoms with Gasteiger partial charge in [0.1, 0.15) is 0 Å². The molecule has 1 atom stereocenters. The summed E-state index contributed by atoms with van der Waals surface area (Å²) in [5.74, 6) is 0. The van der Waals surface area contributed by atoms with E-state index < -0.39 is 0 Å². The van der Waals surface area contributed by atoms with Gasteiger partial charge in [-0.05, 0) is 52.9 Å². The Hall–Kier alpha value is -0.860. The van der Waals surface area contributed by atoms with Gasteiger partial charge in [0.15, 0.2) is 0 Å². The lowest BCUT2D eigenvalue weighted by molar-refractivity contribution is 0.312. The van der Waals surface area contributed by atoms with Crippen molar-refractivity contribution < 1.29 is 0 Å². The molecule has 0 aliphatic rings. The van der Waals surface area contributed by atoms with Gasteiger partial charge in [0.05, 0.1) is 0 Å². The summed E-state index contributed by atoms with van der Waals surface area (Å²) in [6.07, 6.45) is 2.50. The summed E-state index contributed by atoms with van der Waals surface area (Å²) in [4.78, 5) is 2.40. The Kier molecular flexibility index (Phi) is 6.23. The average Bonchev–Trinajstić information content (AvgIpc) is 2.28. The molecule has 0 saturated carbocycles.